The minimum Gasteiger partial charge on any atom is -0.227 e. The zero-order valence-corrected chi connectivity index (χ0v) is 9.41. The van der Waals surface area contributed by atoms with Gasteiger partial charge in [0, 0.05) is 6.92 Å². The van der Waals surface area contributed by atoms with Gasteiger partial charge in [0.2, 0.25) is 5.41 Å². The summed E-state index contributed by atoms with van der Waals surface area (Å²) < 4.78 is 46.8. The molecule has 0 aliphatic rings. The number of alkyl halides is 6. The molecular formula is C4H5ClF4IP. The minimum absolute atomic E-state index is 0.259. The van der Waals surface area contributed by atoms with Crippen molar-refractivity contribution in [2.24, 2.45) is 0 Å². The molecule has 0 amide bonds. The van der Waals surface area contributed by atoms with Crippen molar-refractivity contribution < 1.29 is 17.6 Å². The van der Waals surface area contributed by atoms with Crippen LogP contribution in [0.2, 0.25) is 0 Å². The van der Waals surface area contributed by atoms with E-state index in [-0.39, 0.29) is 6.92 Å². The summed E-state index contributed by atoms with van der Waals surface area (Å²) in [7, 11) is 1.08. The van der Waals surface area contributed by atoms with Crippen LogP contribution < -0.4 is 0 Å². The average Bonchev–Trinajstić information content (AvgIpc) is 1.58. The lowest BCUT2D eigenvalue weighted by Crippen LogP contribution is -2.46. The molecule has 0 N–H and O–H groups in total. The van der Waals surface area contributed by atoms with E-state index in [4.69, 9.17) is 11.6 Å². The maximum Gasteiger partial charge on any atom is 0.287 e. The third kappa shape index (κ3) is 2.56. The van der Waals surface area contributed by atoms with E-state index in [1.807, 2.05) is 0 Å². The first-order valence-corrected chi connectivity index (χ1v) is 4.46. The molecule has 0 aliphatic heterocycles. The van der Waals surface area contributed by atoms with Crippen LogP contribution in [0, 0.1) is 0 Å². The van der Waals surface area contributed by atoms with E-state index in [1.54, 1.807) is 0 Å². The largest absolute Gasteiger partial charge is 0.287 e. The molecule has 0 heterocycles. The molecule has 0 saturated carbocycles. The van der Waals surface area contributed by atoms with E-state index in [9.17, 15) is 17.6 Å². The molecular weight excluding hydrogens is 317 g/mol. The second-order valence-corrected chi connectivity index (χ2v) is 5.54. The van der Waals surface area contributed by atoms with Gasteiger partial charge < -0.3 is 0 Å². The maximum absolute atomic E-state index is 12.8. The smallest absolute Gasteiger partial charge is 0.227 e. The summed E-state index contributed by atoms with van der Waals surface area (Å²) in [5, 5.41) is -3.46. The first-order chi connectivity index (χ1) is 4.50. The van der Waals surface area contributed by atoms with Crippen LogP contribution in [-0.4, -0.2) is 14.5 Å². The van der Waals surface area contributed by atoms with Crippen LogP contribution in [0.4, 0.5) is 17.6 Å². The van der Waals surface area contributed by atoms with Gasteiger partial charge in [0.1, 0.15) is 0 Å². The fourth-order valence-corrected chi connectivity index (χ4v) is 0.888. The average molecular weight is 322 g/mol. The Bertz CT molecular complexity index is 133. The quantitative estimate of drug-likeness (QED) is 0.316. The summed E-state index contributed by atoms with van der Waals surface area (Å²) in [4.78, 5) is 0. The predicted octanol–water partition coefficient (Wildman–Crippen LogP) is 3.48. The van der Waals surface area contributed by atoms with Crippen molar-refractivity contribution in [1.29, 1.82) is 0 Å². The molecule has 0 fully saturated rings. The summed E-state index contributed by atoms with van der Waals surface area (Å²) in [6.45, 7) is 0.259. The summed E-state index contributed by atoms with van der Waals surface area (Å²) in [5.41, 5.74) is 0. The number of halogens is 6. The monoisotopic (exact) mass is 322 g/mol. The van der Waals surface area contributed by atoms with Crippen LogP contribution in [-0.2, 0) is 0 Å². The zero-order chi connectivity index (χ0) is 9.50. The molecule has 0 rings (SSSR count). The van der Waals surface area contributed by atoms with Crippen molar-refractivity contribution in [2.45, 2.75) is 21.4 Å². The Hall–Kier alpha value is 1.17. The first kappa shape index (κ1) is 12.2. The van der Waals surface area contributed by atoms with Crippen molar-refractivity contribution >= 4 is 43.4 Å². The van der Waals surface area contributed by atoms with Crippen LogP contribution in [0.25, 0.3) is 0 Å². The van der Waals surface area contributed by atoms with Crippen molar-refractivity contribution in [3.63, 3.8) is 0 Å². The van der Waals surface area contributed by atoms with E-state index in [1.165, 1.54) is 0 Å². The van der Waals surface area contributed by atoms with Crippen LogP contribution in [0.15, 0.2) is 0 Å². The fourth-order valence-electron chi connectivity index (χ4n) is 0.249. The summed E-state index contributed by atoms with van der Waals surface area (Å²) in [5.74, 6) is -3.84. The molecule has 0 aromatic carbocycles. The highest BCUT2D eigenvalue weighted by molar-refractivity contribution is 14.1. The van der Waals surface area contributed by atoms with Crippen molar-refractivity contribution in [3.8, 4) is 0 Å². The summed E-state index contributed by atoms with van der Waals surface area (Å²) in [6.07, 6.45) is 0. The van der Waals surface area contributed by atoms with Crippen LogP contribution in [0.3, 0.4) is 0 Å². The molecule has 0 bridgehead atoms. The maximum atomic E-state index is 12.8. The van der Waals surface area contributed by atoms with Crippen molar-refractivity contribution in [3.05, 3.63) is 0 Å². The Labute approximate surface area is 82.4 Å². The minimum atomic E-state index is -3.84. The molecule has 3 atom stereocenters. The van der Waals surface area contributed by atoms with Gasteiger partial charge in [-0.1, -0.05) is 20.8 Å². The highest BCUT2D eigenvalue weighted by Crippen LogP contribution is 2.53. The van der Waals surface area contributed by atoms with E-state index in [2.05, 4.69) is 0 Å². The van der Waals surface area contributed by atoms with Gasteiger partial charge >= 0.3 is 0 Å². The molecule has 68 valence electrons. The Morgan fingerprint density at radius 2 is 1.55 bits per heavy atom. The Kier molecular flexibility index (Phi) is 3.48. The van der Waals surface area contributed by atoms with Crippen molar-refractivity contribution in [1.82, 2.24) is 0 Å². The number of hydrogen-bond donors (Lipinski definition) is 0. The molecule has 0 radical (unpaired) electrons. The van der Waals surface area contributed by atoms with E-state index in [0.29, 0.717) is 0 Å². The van der Waals surface area contributed by atoms with Gasteiger partial charge in [-0.25, -0.2) is 17.6 Å². The van der Waals surface area contributed by atoms with E-state index in [0.717, 1.165) is 31.8 Å². The highest BCUT2D eigenvalue weighted by atomic mass is 127. The SMILES string of the molecule is CC(F)(F)C(F)(P)C(F)(Cl)I. The zero-order valence-electron chi connectivity index (χ0n) is 5.35. The molecule has 3 unspecified atom stereocenters. The second kappa shape index (κ2) is 3.14. The van der Waals surface area contributed by atoms with Crippen LogP contribution in [0.5, 0.6) is 0 Å². The predicted molar refractivity (Wildman–Crippen MR) is 47.9 cm³/mol. The van der Waals surface area contributed by atoms with Gasteiger partial charge in [-0.05, 0) is 22.6 Å². The molecule has 0 aliphatic carbocycles. The van der Waals surface area contributed by atoms with Gasteiger partial charge in [-0.3, -0.25) is 0 Å². The van der Waals surface area contributed by atoms with Gasteiger partial charge in [0.15, 0.2) is 0 Å². The number of rotatable bonds is 2. The lowest BCUT2D eigenvalue weighted by molar-refractivity contribution is -0.0939. The standard InChI is InChI=1S/C4H5ClF4IP/c1-2(6,7)3(8,11)4(5,9)10/h11H2,1H3. The normalized spacial score (nSPS) is 24.0. The van der Waals surface area contributed by atoms with Crippen LogP contribution >= 0.6 is 43.4 Å². The molecule has 0 spiro atoms. The highest BCUT2D eigenvalue weighted by Gasteiger charge is 2.61. The molecule has 7 heteroatoms. The third-order valence-electron chi connectivity index (χ3n) is 1.05. The Morgan fingerprint density at radius 1 is 1.27 bits per heavy atom. The molecule has 11 heavy (non-hydrogen) atoms. The van der Waals surface area contributed by atoms with E-state index < -0.39 is 14.5 Å². The lowest BCUT2D eigenvalue weighted by Gasteiger charge is -2.31. The summed E-state index contributed by atoms with van der Waals surface area (Å²) >= 11 is 5.52. The van der Waals surface area contributed by atoms with Gasteiger partial charge in [-0.2, -0.15) is 0 Å². The molecule has 0 aromatic rings. The second-order valence-electron chi connectivity index (χ2n) is 2.10. The Morgan fingerprint density at radius 3 is 1.55 bits per heavy atom. The molecule has 0 nitrogen and oxygen atoms in total. The van der Waals surface area contributed by atoms with Crippen molar-refractivity contribution in [2.75, 3.05) is 0 Å². The first-order valence-electron chi connectivity index (χ1n) is 2.42. The van der Waals surface area contributed by atoms with E-state index >= 15 is 0 Å². The molecule has 0 saturated heterocycles. The Balaban J connectivity index is 4.75. The molecule has 0 aromatic heterocycles. The van der Waals surface area contributed by atoms with Gasteiger partial charge in [0.25, 0.3) is 9.06 Å². The summed E-state index contributed by atoms with van der Waals surface area (Å²) in [6, 6.07) is 0. The fraction of sp³-hybridized carbons (Fsp3) is 1.00. The number of hydrogen-bond acceptors (Lipinski definition) is 0. The van der Waals surface area contributed by atoms with Gasteiger partial charge in [-0.15, -0.1) is 0 Å². The third-order valence-corrected chi connectivity index (χ3v) is 3.79. The lowest BCUT2D eigenvalue weighted by atomic mass is 10.2. The topological polar surface area (TPSA) is 0 Å². The van der Waals surface area contributed by atoms with Gasteiger partial charge in [0.05, 0.1) is 0 Å². The van der Waals surface area contributed by atoms with Crippen LogP contribution in [0.1, 0.15) is 6.92 Å².